The molecule has 0 aliphatic carbocycles. The number of nitrogens with zero attached hydrogens (tertiary/aromatic N) is 1. The van der Waals surface area contributed by atoms with Crippen molar-refractivity contribution in [3.8, 4) is 0 Å². The first-order valence-corrected chi connectivity index (χ1v) is 9.92. The Kier molecular flexibility index (Phi) is 4.76. The third kappa shape index (κ3) is 3.93. The van der Waals surface area contributed by atoms with Crippen LogP contribution in [0.15, 0.2) is 73.1 Å². The van der Waals surface area contributed by atoms with Crippen molar-refractivity contribution < 1.29 is 9.53 Å². The highest BCUT2D eigenvalue weighted by atomic mass is 16.5. The number of hydrogen-bond acceptors (Lipinski definition) is 5. The van der Waals surface area contributed by atoms with Gasteiger partial charge >= 0.3 is 5.97 Å². The Labute approximate surface area is 178 Å². The van der Waals surface area contributed by atoms with Gasteiger partial charge in [-0.05, 0) is 59.5 Å². The van der Waals surface area contributed by atoms with E-state index >= 15 is 0 Å². The van der Waals surface area contributed by atoms with Crippen LogP contribution in [0.4, 0.5) is 17.2 Å². The normalized spacial score (nSPS) is 11.0. The molecule has 3 heterocycles. The zero-order chi connectivity index (χ0) is 21.2. The standard InChI is InChI=1S/C24H21N5O2/c1-31-24(30)22-12-17-11-18(3-5-21(17)29-22)28-19-7-9-26-23(13-19)27-14-15-2-4-20-16(10-15)6-8-25-20/h2-13,25,29H,14H2,1H3,(H2,26,27,28). The molecular formula is C24H21N5O2. The van der Waals surface area contributed by atoms with Gasteiger partial charge in [-0.15, -0.1) is 0 Å². The van der Waals surface area contributed by atoms with Crippen LogP contribution in [0.25, 0.3) is 21.8 Å². The highest BCUT2D eigenvalue weighted by Crippen LogP contribution is 2.24. The molecule has 3 aromatic heterocycles. The van der Waals surface area contributed by atoms with Gasteiger partial charge in [0.2, 0.25) is 0 Å². The molecule has 5 aromatic rings. The van der Waals surface area contributed by atoms with Crippen LogP contribution in [0, 0.1) is 0 Å². The minimum Gasteiger partial charge on any atom is -0.464 e. The summed E-state index contributed by atoms with van der Waals surface area (Å²) in [5, 5.41) is 8.89. The lowest BCUT2D eigenvalue weighted by Gasteiger charge is -2.10. The fraction of sp³-hybridized carbons (Fsp3) is 0.0833. The molecule has 0 bridgehead atoms. The topological polar surface area (TPSA) is 94.8 Å². The minimum absolute atomic E-state index is 0.383. The van der Waals surface area contributed by atoms with Crippen molar-refractivity contribution >= 4 is 45.0 Å². The van der Waals surface area contributed by atoms with Crippen LogP contribution >= 0.6 is 0 Å². The molecule has 4 N–H and O–H groups in total. The van der Waals surface area contributed by atoms with Crippen molar-refractivity contribution in [2.45, 2.75) is 6.54 Å². The van der Waals surface area contributed by atoms with E-state index in [1.807, 2.05) is 36.5 Å². The largest absolute Gasteiger partial charge is 0.464 e. The number of benzene rings is 2. The second-order valence-corrected chi connectivity index (χ2v) is 7.28. The average Bonchev–Trinajstić information content (AvgIpc) is 3.43. The van der Waals surface area contributed by atoms with Gasteiger partial charge in [-0.2, -0.15) is 0 Å². The Hall–Kier alpha value is -4.26. The van der Waals surface area contributed by atoms with Crippen molar-refractivity contribution in [2.24, 2.45) is 0 Å². The van der Waals surface area contributed by atoms with Gasteiger partial charge in [0.25, 0.3) is 0 Å². The third-order valence-electron chi connectivity index (χ3n) is 5.17. The van der Waals surface area contributed by atoms with Gasteiger partial charge in [-0.3, -0.25) is 0 Å². The van der Waals surface area contributed by atoms with E-state index in [1.54, 1.807) is 12.3 Å². The molecule has 154 valence electrons. The molecule has 0 radical (unpaired) electrons. The molecule has 7 nitrogen and oxygen atoms in total. The predicted molar refractivity (Wildman–Crippen MR) is 123 cm³/mol. The molecule has 0 aliphatic rings. The number of anilines is 3. The van der Waals surface area contributed by atoms with Crippen molar-refractivity contribution in [2.75, 3.05) is 17.7 Å². The lowest BCUT2D eigenvalue weighted by Crippen LogP contribution is -2.02. The first-order chi connectivity index (χ1) is 15.2. The Bertz CT molecular complexity index is 1390. The second-order valence-electron chi connectivity index (χ2n) is 7.28. The number of pyridine rings is 1. The summed E-state index contributed by atoms with van der Waals surface area (Å²) in [6.07, 6.45) is 3.71. The fourth-order valence-corrected chi connectivity index (χ4v) is 3.61. The van der Waals surface area contributed by atoms with Gasteiger partial charge in [0.15, 0.2) is 0 Å². The Morgan fingerprint density at radius 1 is 0.968 bits per heavy atom. The lowest BCUT2D eigenvalue weighted by molar-refractivity contribution is 0.0595. The molecule has 2 aromatic carbocycles. The summed E-state index contributed by atoms with van der Waals surface area (Å²) in [7, 11) is 1.37. The summed E-state index contributed by atoms with van der Waals surface area (Å²) >= 11 is 0. The summed E-state index contributed by atoms with van der Waals surface area (Å²) in [6, 6.07) is 20.0. The number of carbonyl (C=O) groups excluding carboxylic acids is 1. The van der Waals surface area contributed by atoms with Gasteiger partial charge in [0.05, 0.1) is 7.11 Å². The first-order valence-electron chi connectivity index (χ1n) is 9.92. The second kappa shape index (κ2) is 7.87. The van der Waals surface area contributed by atoms with E-state index in [-0.39, 0.29) is 5.97 Å². The van der Waals surface area contributed by atoms with E-state index in [9.17, 15) is 4.79 Å². The van der Waals surface area contributed by atoms with Crippen LogP contribution < -0.4 is 10.6 Å². The molecule has 0 atom stereocenters. The Morgan fingerprint density at radius 3 is 2.74 bits per heavy atom. The molecule has 0 aliphatic heterocycles. The van der Waals surface area contributed by atoms with E-state index in [1.165, 1.54) is 18.1 Å². The Morgan fingerprint density at radius 2 is 1.84 bits per heavy atom. The third-order valence-corrected chi connectivity index (χ3v) is 5.17. The van der Waals surface area contributed by atoms with Crippen LogP contribution in [-0.2, 0) is 11.3 Å². The highest BCUT2D eigenvalue weighted by molar-refractivity contribution is 5.95. The maximum Gasteiger partial charge on any atom is 0.354 e. The van der Waals surface area contributed by atoms with E-state index in [2.05, 4.69) is 49.9 Å². The van der Waals surface area contributed by atoms with Crippen LogP contribution in [0.3, 0.4) is 0 Å². The number of hydrogen-bond donors (Lipinski definition) is 4. The molecule has 0 saturated carbocycles. The van der Waals surface area contributed by atoms with Crippen LogP contribution in [0.1, 0.15) is 16.1 Å². The molecule has 0 fully saturated rings. The van der Waals surface area contributed by atoms with Crippen LogP contribution in [0.2, 0.25) is 0 Å². The number of fused-ring (bicyclic) bond motifs is 2. The smallest absolute Gasteiger partial charge is 0.354 e. The summed E-state index contributed by atoms with van der Waals surface area (Å²) in [5.41, 5.74) is 5.46. The number of carbonyl (C=O) groups is 1. The zero-order valence-corrected chi connectivity index (χ0v) is 16.9. The molecule has 0 spiro atoms. The number of nitrogens with one attached hydrogen (secondary N) is 4. The van der Waals surface area contributed by atoms with E-state index < -0.39 is 0 Å². The molecule has 31 heavy (non-hydrogen) atoms. The maximum atomic E-state index is 11.7. The molecule has 0 amide bonds. The summed E-state index contributed by atoms with van der Waals surface area (Å²) in [4.78, 5) is 22.4. The summed E-state index contributed by atoms with van der Waals surface area (Å²) in [5.74, 6) is 0.404. The molecule has 0 saturated heterocycles. The average molecular weight is 411 g/mol. The number of aromatic nitrogens is 3. The molecular weight excluding hydrogens is 390 g/mol. The van der Waals surface area contributed by atoms with Crippen LogP contribution in [-0.4, -0.2) is 28.0 Å². The molecule has 5 rings (SSSR count). The zero-order valence-electron chi connectivity index (χ0n) is 16.9. The SMILES string of the molecule is COC(=O)c1cc2cc(Nc3ccnc(NCc4ccc5[nH]ccc5c4)c3)ccc2[nH]1. The van der Waals surface area contributed by atoms with Crippen molar-refractivity contribution in [3.05, 3.63) is 84.3 Å². The van der Waals surface area contributed by atoms with Crippen molar-refractivity contribution in [1.82, 2.24) is 15.0 Å². The lowest BCUT2D eigenvalue weighted by atomic mass is 10.1. The van der Waals surface area contributed by atoms with E-state index in [0.29, 0.717) is 12.2 Å². The maximum absolute atomic E-state index is 11.7. The monoisotopic (exact) mass is 411 g/mol. The van der Waals surface area contributed by atoms with Crippen molar-refractivity contribution in [3.63, 3.8) is 0 Å². The van der Waals surface area contributed by atoms with Gasteiger partial charge in [0, 0.05) is 52.8 Å². The van der Waals surface area contributed by atoms with Gasteiger partial charge in [-0.1, -0.05) is 6.07 Å². The highest BCUT2D eigenvalue weighted by Gasteiger charge is 2.10. The van der Waals surface area contributed by atoms with Crippen molar-refractivity contribution in [1.29, 1.82) is 0 Å². The fourth-order valence-electron chi connectivity index (χ4n) is 3.61. The van der Waals surface area contributed by atoms with Gasteiger partial charge < -0.3 is 25.3 Å². The Balaban J connectivity index is 1.29. The first kappa shape index (κ1) is 18.7. The molecule has 7 heteroatoms. The minimum atomic E-state index is -0.383. The van der Waals surface area contributed by atoms with Gasteiger partial charge in [0.1, 0.15) is 11.5 Å². The van der Waals surface area contributed by atoms with E-state index in [4.69, 9.17) is 4.74 Å². The number of rotatable bonds is 6. The number of methoxy groups -OCH3 is 1. The number of H-pyrrole nitrogens is 2. The summed E-state index contributed by atoms with van der Waals surface area (Å²) in [6.45, 7) is 0.684. The summed E-state index contributed by atoms with van der Waals surface area (Å²) < 4.78 is 4.78. The number of aromatic amines is 2. The quantitative estimate of drug-likeness (QED) is 0.289. The number of ether oxygens (including phenoxy) is 1. The van der Waals surface area contributed by atoms with Crippen LogP contribution in [0.5, 0.6) is 0 Å². The predicted octanol–water partition coefficient (Wildman–Crippen LogP) is 5.19. The van der Waals surface area contributed by atoms with Gasteiger partial charge in [-0.25, -0.2) is 9.78 Å². The van der Waals surface area contributed by atoms with E-state index in [0.717, 1.165) is 33.6 Å². The number of esters is 1. The molecule has 0 unspecified atom stereocenters.